The second-order valence-corrected chi connectivity index (χ2v) is 5.04. The molecular formula is C11H13BrN2O4. The van der Waals surface area contributed by atoms with E-state index in [1.54, 1.807) is 19.9 Å². The van der Waals surface area contributed by atoms with Crippen molar-refractivity contribution < 1.29 is 14.8 Å². The summed E-state index contributed by atoms with van der Waals surface area (Å²) in [5.74, 6) is -1.23. The van der Waals surface area contributed by atoms with Gasteiger partial charge in [-0.05, 0) is 18.1 Å². The molecule has 18 heavy (non-hydrogen) atoms. The second kappa shape index (κ2) is 5.81. The fraction of sp³-hybridized carbons (Fsp3) is 0.364. The number of hydrogen-bond acceptors (Lipinski definition) is 4. The van der Waals surface area contributed by atoms with Gasteiger partial charge in [-0.2, -0.15) is 0 Å². The minimum atomic E-state index is -1.04. The van der Waals surface area contributed by atoms with Gasteiger partial charge in [0.05, 0.1) is 4.92 Å². The molecule has 1 rings (SSSR count). The molecular weight excluding hydrogens is 304 g/mol. The number of anilines is 1. The topological polar surface area (TPSA) is 92.5 Å². The van der Waals surface area contributed by atoms with Crippen molar-refractivity contribution in [2.24, 2.45) is 5.92 Å². The lowest BCUT2D eigenvalue weighted by molar-refractivity contribution is -0.384. The van der Waals surface area contributed by atoms with E-state index in [0.29, 0.717) is 4.47 Å². The zero-order chi connectivity index (χ0) is 13.9. The minimum absolute atomic E-state index is 0.156. The molecule has 0 saturated heterocycles. The molecule has 1 atom stereocenters. The lowest BCUT2D eigenvalue weighted by atomic mass is 10.0. The van der Waals surface area contributed by atoms with E-state index in [4.69, 9.17) is 5.11 Å². The van der Waals surface area contributed by atoms with E-state index in [1.165, 1.54) is 12.1 Å². The summed E-state index contributed by atoms with van der Waals surface area (Å²) in [7, 11) is 0. The summed E-state index contributed by atoms with van der Waals surface area (Å²) in [6, 6.07) is 3.57. The first-order valence-electron chi connectivity index (χ1n) is 5.26. The van der Waals surface area contributed by atoms with E-state index in [0.717, 1.165) is 0 Å². The standard InChI is InChI=1S/C11H13BrN2O4/c1-6(2)10(11(15)16)13-8-4-3-7(12)5-9(8)14(17)18/h3-6,10,13H,1-2H3,(H,15,16)/t10-/m1/s1. The molecule has 7 heteroatoms. The van der Waals surface area contributed by atoms with Crippen molar-refractivity contribution in [2.75, 3.05) is 5.32 Å². The molecule has 0 saturated carbocycles. The normalized spacial score (nSPS) is 12.2. The molecule has 2 N–H and O–H groups in total. The maximum absolute atomic E-state index is 11.1. The van der Waals surface area contributed by atoms with Crippen LogP contribution in [0.5, 0.6) is 0 Å². The van der Waals surface area contributed by atoms with E-state index in [2.05, 4.69) is 21.2 Å². The van der Waals surface area contributed by atoms with Gasteiger partial charge in [-0.25, -0.2) is 4.79 Å². The fourth-order valence-corrected chi connectivity index (χ4v) is 1.81. The lowest BCUT2D eigenvalue weighted by Crippen LogP contribution is -2.34. The minimum Gasteiger partial charge on any atom is -0.480 e. The fourth-order valence-electron chi connectivity index (χ4n) is 1.46. The molecule has 0 aliphatic carbocycles. The highest BCUT2D eigenvalue weighted by molar-refractivity contribution is 9.10. The summed E-state index contributed by atoms with van der Waals surface area (Å²) in [4.78, 5) is 21.4. The Hall–Kier alpha value is -1.63. The first-order valence-corrected chi connectivity index (χ1v) is 6.05. The molecule has 0 radical (unpaired) electrons. The van der Waals surface area contributed by atoms with Crippen LogP contribution in [0.15, 0.2) is 22.7 Å². The van der Waals surface area contributed by atoms with Crippen molar-refractivity contribution in [3.8, 4) is 0 Å². The number of hydrogen-bond donors (Lipinski definition) is 2. The molecule has 0 aromatic heterocycles. The number of nitro benzene ring substituents is 1. The summed E-state index contributed by atoms with van der Waals surface area (Å²) in [5.41, 5.74) is 0.0422. The van der Waals surface area contributed by atoms with Crippen LogP contribution >= 0.6 is 15.9 Å². The number of rotatable bonds is 5. The highest BCUT2D eigenvalue weighted by Gasteiger charge is 2.24. The van der Waals surface area contributed by atoms with Gasteiger partial charge in [0.15, 0.2) is 0 Å². The van der Waals surface area contributed by atoms with E-state index in [-0.39, 0.29) is 17.3 Å². The monoisotopic (exact) mass is 316 g/mol. The second-order valence-electron chi connectivity index (χ2n) is 4.12. The number of nitrogens with zero attached hydrogens (tertiary/aromatic N) is 1. The van der Waals surface area contributed by atoms with Crippen molar-refractivity contribution >= 4 is 33.3 Å². The first-order chi connectivity index (χ1) is 8.32. The maximum atomic E-state index is 11.1. The van der Waals surface area contributed by atoms with Gasteiger partial charge in [-0.1, -0.05) is 29.8 Å². The Balaban J connectivity index is 3.10. The molecule has 1 aromatic carbocycles. The van der Waals surface area contributed by atoms with Crippen LogP contribution in [0.2, 0.25) is 0 Å². The molecule has 6 nitrogen and oxygen atoms in total. The molecule has 0 bridgehead atoms. The van der Waals surface area contributed by atoms with Crippen LogP contribution < -0.4 is 5.32 Å². The van der Waals surface area contributed by atoms with Crippen LogP contribution in [0.1, 0.15) is 13.8 Å². The number of halogens is 1. The predicted octanol–water partition coefficient (Wildman–Crippen LogP) is 2.88. The number of nitrogens with one attached hydrogen (secondary N) is 1. The third-order valence-electron chi connectivity index (χ3n) is 2.40. The molecule has 0 amide bonds. The van der Waals surface area contributed by atoms with Gasteiger partial charge in [-0.15, -0.1) is 0 Å². The summed E-state index contributed by atoms with van der Waals surface area (Å²) in [6.07, 6.45) is 0. The Morgan fingerprint density at radius 3 is 2.56 bits per heavy atom. The number of carboxylic acids is 1. The van der Waals surface area contributed by atoms with E-state index in [9.17, 15) is 14.9 Å². The number of nitro groups is 1. The number of aliphatic carboxylic acids is 1. The Morgan fingerprint density at radius 2 is 2.11 bits per heavy atom. The van der Waals surface area contributed by atoms with Crippen LogP contribution in [-0.2, 0) is 4.79 Å². The van der Waals surface area contributed by atoms with Gasteiger partial charge < -0.3 is 10.4 Å². The molecule has 0 fully saturated rings. The van der Waals surface area contributed by atoms with Crippen LogP contribution in [0, 0.1) is 16.0 Å². The average Bonchev–Trinajstić information content (AvgIpc) is 2.25. The highest BCUT2D eigenvalue weighted by Crippen LogP contribution is 2.29. The highest BCUT2D eigenvalue weighted by atomic mass is 79.9. The predicted molar refractivity (Wildman–Crippen MR) is 70.7 cm³/mol. The number of carbonyl (C=O) groups is 1. The van der Waals surface area contributed by atoms with Crippen molar-refractivity contribution in [1.82, 2.24) is 0 Å². The van der Waals surface area contributed by atoms with Crippen LogP contribution in [0.4, 0.5) is 11.4 Å². The SMILES string of the molecule is CC(C)[C@@H](Nc1ccc(Br)cc1[N+](=O)[O-])C(=O)O. The zero-order valence-electron chi connectivity index (χ0n) is 9.88. The smallest absolute Gasteiger partial charge is 0.326 e. The Bertz CT molecular complexity index is 476. The summed E-state index contributed by atoms with van der Waals surface area (Å²) >= 11 is 3.14. The third kappa shape index (κ3) is 3.43. The Kier molecular flexibility index (Phi) is 4.66. The van der Waals surface area contributed by atoms with Crippen LogP contribution in [0.25, 0.3) is 0 Å². The first kappa shape index (κ1) is 14.4. The molecule has 0 spiro atoms. The van der Waals surface area contributed by atoms with E-state index >= 15 is 0 Å². The van der Waals surface area contributed by atoms with Crippen molar-refractivity contribution in [2.45, 2.75) is 19.9 Å². The van der Waals surface area contributed by atoms with Crippen LogP contribution in [0.3, 0.4) is 0 Å². The zero-order valence-corrected chi connectivity index (χ0v) is 11.5. The molecule has 1 aromatic rings. The van der Waals surface area contributed by atoms with E-state index < -0.39 is 16.9 Å². The van der Waals surface area contributed by atoms with Gasteiger partial charge in [0.2, 0.25) is 0 Å². The summed E-state index contributed by atoms with van der Waals surface area (Å²) < 4.78 is 0.566. The van der Waals surface area contributed by atoms with Gasteiger partial charge in [-0.3, -0.25) is 10.1 Å². The Labute approximate surface area is 112 Å². The van der Waals surface area contributed by atoms with Crippen molar-refractivity contribution in [1.29, 1.82) is 0 Å². The lowest BCUT2D eigenvalue weighted by Gasteiger charge is -2.19. The Morgan fingerprint density at radius 1 is 1.50 bits per heavy atom. The summed E-state index contributed by atoms with van der Waals surface area (Å²) in [6.45, 7) is 3.47. The van der Waals surface area contributed by atoms with Gasteiger partial charge in [0, 0.05) is 10.5 Å². The number of carboxylic acid groups (broad SMARTS) is 1. The molecule has 0 heterocycles. The molecule has 0 unspecified atom stereocenters. The quantitative estimate of drug-likeness (QED) is 0.643. The van der Waals surface area contributed by atoms with Crippen molar-refractivity contribution in [3.05, 3.63) is 32.8 Å². The largest absolute Gasteiger partial charge is 0.480 e. The summed E-state index contributed by atoms with van der Waals surface area (Å²) in [5, 5.41) is 22.6. The third-order valence-corrected chi connectivity index (χ3v) is 2.89. The molecule has 0 aliphatic heterocycles. The average molecular weight is 317 g/mol. The molecule has 98 valence electrons. The number of benzene rings is 1. The van der Waals surface area contributed by atoms with Gasteiger partial charge >= 0.3 is 5.97 Å². The maximum Gasteiger partial charge on any atom is 0.326 e. The van der Waals surface area contributed by atoms with Gasteiger partial charge in [0.1, 0.15) is 11.7 Å². The van der Waals surface area contributed by atoms with Crippen LogP contribution in [-0.4, -0.2) is 22.0 Å². The van der Waals surface area contributed by atoms with E-state index in [1.807, 2.05) is 0 Å². The molecule has 0 aliphatic rings. The van der Waals surface area contributed by atoms with Gasteiger partial charge in [0.25, 0.3) is 5.69 Å². The van der Waals surface area contributed by atoms with Crippen molar-refractivity contribution in [3.63, 3.8) is 0 Å².